The summed E-state index contributed by atoms with van der Waals surface area (Å²) in [5.74, 6) is 0. The molecule has 0 aromatic carbocycles. The van der Waals surface area contributed by atoms with Gasteiger partial charge in [-0.1, -0.05) is 19.6 Å². The molecule has 0 atom stereocenters. The molecule has 0 spiro atoms. The number of hydrogen-bond acceptors (Lipinski definition) is 3. The average molecular weight is 213 g/mol. The van der Waals surface area contributed by atoms with Gasteiger partial charge in [0, 0.05) is 20.9 Å². The Labute approximate surface area is 85.9 Å². The Kier molecular flexibility index (Phi) is 3.71. The van der Waals surface area contributed by atoms with Gasteiger partial charge in [-0.3, -0.25) is 5.10 Å². The van der Waals surface area contributed by atoms with Crippen molar-refractivity contribution in [1.29, 1.82) is 0 Å². The largest absolute Gasteiger partial charge is 0.396 e. The molecule has 0 aliphatic rings. The van der Waals surface area contributed by atoms with Crippen LogP contribution in [0.3, 0.4) is 0 Å². The maximum absolute atomic E-state index is 5.64. The maximum atomic E-state index is 5.64. The second-order valence-corrected chi connectivity index (χ2v) is 10.3. The number of nitrogens with two attached hydrogens (primary N) is 1. The number of H-pyrrole nitrogens is 1. The molecule has 1 rings (SSSR count). The topological polar surface area (TPSA) is 63.9 Å². The molecular formula is C9H19N3OSi. The third-order valence-corrected chi connectivity index (χ3v) is 3.69. The Morgan fingerprint density at radius 2 is 2.21 bits per heavy atom. The second-order valence-electron chi connectivity index (χ2n) is 4.65. The summed E-state index contributed by atoms with van der Waals surface area (Å²) in [5.41, 5.74) is 7.13. The highest BCUT2D eigenvalue weighted by Gasteiger charge is 2.12. The molecule has 5 heteroatoms. The van der Waals surface area contributed by atoms with Crippen LogP contribution in [0.2, 0.25) is 25.7 Å². The van der Waals surface area contributed by atoms with Gasteiger partial charge in [-0.2, -0.15) is 5.10 Å². The van der Waals surface area contributed by atoms with Gasteiger partial charge in [-0.25, -0.2) is 0 Å². The number of aromatic amines is 1. The van der Waals surface area contributed by atoms with Crippen molar-refractivity contribution < 1.29 is 4.74 Å². The van der Waals surface area contributed by atoms with Crippen LogP contribution in [-0.2, 0) is 11.3 Å². The third-order valence-electron chi connectivity index (χ3n) is 1.99. The van der Waals surface area contributed by atoms with Crippen LogP contribution in [0.4, 0.5) is 5.69 Å². The molecule has 0 bridgehead atoms. The van der Waals surface area contributed by atoms with E-state index in [4.69, 9.17) is 10.5 Å². The summed E-state index contributed by atoms with van der Waals surface area (Å²) >= 11 is 0. The van der Waals surface area contributed by atoms with Crippen LogP contribution in [0.15, 0.2) is 6.20 Å². The van der Waals surface area contributed by atoms with Crippen molar-refractivity contribution in [2.45, 2.75) is 32.3 Å². The quantitative estimate of drug-likeness (QED) is 0.579. The lowest BCUT2D eigenvalue weighted by atomic mass is 10.4. The van der Waals surface area contributed by atoms with Crippen molar-refractivity contribution in [3.05, 3.63) is 11.9 Å². The van der Waals surface area contributed by atoms with E-state index in [1.54, 1.807) is 6.20 Å². The van der Waals surface area contributed by atoms with Gasteiger partial charge in [0.05, 0.1) is 12.3 Å². The number of aromatic nitrogens is 2. The third kappa shape index (κ3) is 3.93. The summed E-state index contributed by atoms with van der Waals surface area (Å²) in [6.07, 6.45) is 1.68. The zero-order valence-corrected chi connectivity index (χ0v) is 10.1. The number of nitrogen functional groups attached to an aromatic ring is 1. The summed E-state index contributed by atoms with van der Waals surface area (Å²) < 4.78 is 5.51. The molecular weight excluding hydrogens is 194 g/mol. The maximum Gasteiger partial charge on any atom is 0.111 e. The van der Waals surface area contributed by atoms with E-state index in [1.807, 2.05) is 0 Å². The lowest BCUT2D eigenvalue weighted by Crippen LogP contribution is -2.21. The van der Waals surface area contributed by atoms with Crippen molar-refractivity contribution >= 4 is 13.8 Å². The van der Waals surface area contributed by atoms with Crippen molar-refractivity contribution in [2.24, 2.45) is 0 Å². The van der Waals surface area contributed by atoms with E-state index in [1.165, 1.54) is 6.04 Å². The highest BCUT2D eigenvalue weighted by atomic mass is 28.3. The predicted octanol–water partition coefficient (Wildman–Crippen LogP) is 1.85. The molecule has 0 radical (unpaired) electrons. The van der Waals surface area contributed by atoms with E-state index in [0.29, 0.717) is 12.3 Å². The number of nitrogens with one attached hydrogen (secondary N) is 1. The minimum atomic E-state index is -0.977. The van der Waals surface area contributed by atoms with Crippen molar-refractivity contribution in [3.8, 4) is 0 Å². The lowest BCUT2D eigenvalue weighted by molar-refractivity contribution is 0.131. The first kappa shape index (κ1) is 11.3. The van der Waals surface area contributed by atoms with Gasteiger partial charge in [0.15, 0.2) is 0 Å². The molecule has 0 amide bonds. The van der Waals surface area contributed by atoms with Gasteiger partial charge in [0.1, 0.15) is 5.69 Å². The lowest BCUT2D eigenvalue weighted by Gasteiger charge is -2.14. The molecule has 0 aliphatic heterocycles. The molecule has 0 saturated heterocycles. The van der Waals surface area contributed by atoms with Crippen LogP contribution in [0.25, 0.3) is 0 Å². The van der Waals surface area contributed by atoms with Gasteiger partial charge in [-0.15, -0.1) is 0 Å². The number of ether oxygens (including phenoxy) is 1. The van der Waals surface area contributed by atoms with E-state index in [0.717, 1.165) is 12.3 Å². The second kappa shape index (κ2) is 4.61. The van der Waals surface area contributed by atoms with Crippen LogP contribution in [-0.4, -0.2) is 24.9 Å². The molecule has 1 aromatic heterocycles. The molecule has 0 aliphatic carbocycles. The zero-order chi connectivity index (χ0) is 10.6. The van der Waals surface area contributed by atoms with Gasteiger partial charge < -0.3 is 10.5 Å². The molecule has 1 aromatic rings. The van der Waals surface area contributed by atoms with Crippen LogP contribution in [0.1, 0.15) is 5.69 Å². The van der Waals surface area contributed by atoms with Gasteiger partial charge in [0.2, 0.25) is 0 Å². The van der Waals surface area contributed by atoms with Crippen LogP contribution in [0.5, 0.6) is 0 Å². The first-order valence-electron chi connectivity index (χ1n) is 4.85. The molecule has 0 saturated carbocycles. The molecule has 0 fully saturated rings. The monoisotopic (exact) mass is 213 g/mol. The van der Waals surface area contributed by atoms with Crippen molar-refractivity contribution in [2.75, 3.05) is 12.3 Å². The fraction of sp³-hybridized carbons (Fsp3) is 0.667. The molecule has 0 unspecified atom stereocenters. The molecule has 80 valence electrons. The summed E-state index contributed by atoms with van der Waals surface area (Å²) in [7, 11) is -0.977. The summed E-state index contributed by atoms with van der Waals surface area (Å²) in [6, 6.07) is 1.18. The standard InChI is InChI=1S/C9H19N3OSi/c1-14(2,3)5-4-13-7-9-8(10)6-11-12-9/h6H,4-5,7,10H2,1-3H3,(H,11,12). The Morgan fingerprint density at radius 1 is 1.50 bits per heavy atom. The van der Waals surface area contributed by atoms with Crippen molar-refractivity contribution in [3.63, 3.8) is 0 Å². The normalized spacial score (nSPS) is 11.9. The zero-order valence-electron chi connectivity index (χ0n) is 9.13. The van der Waals surface area contributed by atoms with E-state index in [9.17, 15) is 0 Å². The number of anilines is 1. The number of rotatable bonds is 5. The van der Waals surface area contributed by atoms with Gasteiger partial charge in [-0.05, 0) is 6.04 Å². The predicted molar refractivity (Wildman–Crippen MR) is 60.8 cm³/mol. The van der Waals surface area contributed by atoms with E-state index < -0.39 is 8.07 Å². The van der Waals surface area contributed by atoms with E-state index in [2.05, 4.69) is 29.8 Å². The van der Waals surface area contributed by atoms with Crippen LogP contribution >= 0.6 is 0 Å². The number of nitrogens with zero attached hydrogens (tertiary/aromatic N) is 1. The molecule has 1 heterocycles. The SMILES string of the molecule is C[Si](C)(C)CCOCc1n[nH]cc1N. The highest BCUT2D eigenvalue weighted by Crippen LogP contribution is 2.10. The average Bonchev–Trinajstić information content (AvgIpc) is 2.44. The van der Waals surface area contributed by atoms with Crippen molar-refractivity contribution in [1.82, 2.24) is 10.2 Å². The van der Waals surface area contributed by atoms with Gasteiger partial charge in [0.25, 0.3) is 0 Å². The van der Waals surface area contributed by atoms with E-state index >= 15 is 0 Å². The first-order chi connectivity index (χ1) is 6.49. The Bertz CT molecular complexity index is 280. The summed E-state index contributed by atoms with van der Waals surface area (Å²) in [5, 5.41) is 6.69. The number of hydrogen-bond donors (Lipinski definition) is 2. The van der Waals surface area contributed by atoms with Crippen LogP contribution < -0.4 is 5.73 Å². The smallest absolute Gasteiger partial charge is 0.111 e. The van der Waals surface area contributed by atoms with Crippen LogP contribution in [0, 0.1) is 0 Å². The highest BCUT2D eigenvalue weighted by molar-refractivity contribution is 6.76. The fourth-order valence-electron chi connectivity index (χ4n) is 0.990. The molecule has 4 nitrogen and oxygen atoms in total. The Balaban J connectivity index is 2.20. The summed E-state index contributed by atoms with van der Waals surface area (Å²) in [4.78, 5) is 0. The molecule has 14 heavy (non-hydrogen) atoms. The minimum Gasteiger partial charge on any atom is -0.396 e. The minimum absolute atomic E-state index is 0.514. The molecule has 3 N–H and O–H groups in total. The first-order valence-corrected chi connectivity index (χ1v) is 8.55. The Hall–Kier alpha value is -0.813. The summed E-state index contributed by atoms with van der Waals surface area (Å²) in [6.45, 7) is 8.32. The Morgan fingerprint density at radius 3 is 2.71 bits per heavy atom. The van der Waals surface area contributed by atoms with Gasteiger partial charge >= 0.3 is 0 Å². The fourth-order valence-corrected chi connectivity index (χ4v) is 1.75. The van der Waals surface area contributed by atoms with E-state index in [-0.39, 0.29) is 0 Å².